The number of hydrogen-bond acceptors (Lipinski definition) is 5. The van der Waals surface area contributed by atoms with E-state index in [0.29, 0.717) is 5.75 Å². The second kappa shape index (κ2) is 6.09. The van der Waals surface area contributed by atoms with Gasteiger partial charge in [-0.3, -0.25) is 4.79 Å². The van der Waals surface area contributed by atoms with E-state index in [-0.39, 0.29) is 5.78 Å². The van der Waals surface area contributed by atoms with E-state index in [4.69, 9.17) is 0 Å². The number of nitrogens with one attached hydrogen (secondary N) is 1. The fraction of sp³-hybridized carbons (Fsp3) is 0.353. The van der Waals surface area contributed by atoms with E-state index in [2.05, 4.69) is 28.8 Å². The Morgan fingerprint density at radius 2 is 1.96 bits per heavy atom. The van der Waals surface area contributed by atoms with Crippen molar-refractivity contribution in [3.8, 4) is 0 Å². The van der Waals surface area contributed by atoms with E-state index in [1.165, 1.54) is 22.2 Å². The molecular formula is C17H19N3OS2. The number of aryl methyl sites for hydroxylation is 5. The minimum atomic E-state index is 0.130. The Kier molecular flexibility index (Phi) is 4.29. The summed E-state index contributed by atoms with van der Waals surface area (Å²) in [7, 11) is 0. The third-order valence-corrected chi connectivity index (χ3v) is 5.97. The second-order valence-electron chi connectivity index (χ2n) is 5.74. The van der Waals surface area contributed by atoms with Crippen molar-refractivity contribution in [1.82, 2.24) is 15.0 Å². The number of thioether (sulfide) groups is 1. The molecule has 0 atom stereocenters. The van der Waals surface area contributed by atoms with Crippen LogP contribution in [0, 0.1) is 34.6 Å². The number of ketones is 1. The molecule has 0 unspecified atom stereocenters. The largest absolute Gasteiger partial charge is 0.362 e. The Balaban J connectivity index is 1.90. The van der Waals surface area contributed by atoms with Gasteiger partial charge in [0.05, 0.1) is 5.75 Å². The molecule has 0 saturated carbocycles. The summed E-state index contributed by atoms with van der Waals surface area (Å²) >= 11 is 3.19. The Hall–Kier alpha value is -1.66. The number of H-pyrrole nitrogens is 1. The molecule has 4 nitrogen and oxygen atoms in total. The van der Waals surface area contributed by atoms with Crippen molar-refractivity contribution in [2.75, 3.05) is 5.75 Å². The molecule has 3 rings (SSSR count). The lowest BCUT2D eigenvalue weighted by atomic mass is 10.2. The fourth-order valence-corrected chi connectivity index (χ4v) is 4.80. The van der Waals surface area contributed by atoms with E-state index in [0.717, 1.165) is 38.0 Å². The van der Waals surface area contributed by atoms with Gasteiger partial charge < -0.3 is 4.98 Å². The van der Waals surface area contributed by atoms with Crippen molar-refractivity contribution in [3.05, 3.63) is 39.3 Å². The van der Waals surface area contributed by atoms with Crippen LogP contribution in [0.3, 0.4) is 0 Å². The molecule has 6 heteroatoms. The van der Waals surface area contributed by atoms with Gasteiger partial charge in [-0.05, 0) is 46.2 Å². The Bertz CT molecular complexity index is 908. The maximum atomic E-state index is 12.5. The Labute approximate surface area is 143 Å². The predicted octanol–water partition coefficient (Wildman–Crippen LogP) is 4.54. The number of nitrogens with zero attached hydrogens (tertiary/aromatic N) is 2. The van der Waals surface area contributed by atoms with Gasteiger partial charge in [-0.1, -0.05) is 11.8 Å². The van der Waals surface area contributed by atoms with Crippen LogP contribution in [0.4, 0.5) is 0 Å². The highest BCUT2D eigenvalue weighted by Gasteiger charge is 2.17. The first-order chi connectivity index (χ1) is 10.9. The summed E-state index contributed by atoms with van der Waals surface area (Å²) in [6.45, 7) is 9.99. The van der Waals surface area contributed by atoms with E-state index in [9.17, 15) is 4.79 Å². The summed E-state index contributed by atoms with van der Waals surface area (Å²) in [5.74, 6) is 1.27. The summed E-state index contributed by atoms with van der Waals surface area (Å²) in [6, 6.07) is 1.92. The number of aromatic amines is 1. The quantitative estimate of drug-likeness (QED) is 0.428. The SMILES string of the molecule is Cc1nc(SCC(=O)c2cc(C)[nH]c2C)c2c(C)c(C)sc2n1. The number of carbonyl (C=O) groups excluding carboxylic acids is 1. The predicted molar refractivity (Wildman–Crippen MR) is 96.9 cm³/mol. The topological polar surface area (TPSA) is 58.6 Å². The zero-order chi connectivity index (χ0) is 16.7. The van der Waals surface area contributed by atoms with Crippen LogP contribution < -0.4 is 0 Å². The van der Waals surface area contributed by atoms with Crippen LogP contribution in [0.15, 0.2) is 11.1 Å². The van der Waals surface area contributed by atoms with Crippen LogP contribution in [0.2, 0.25) is 0 Å². The molecule has 3 heterocycles. The molecule has 0 spiro atoms. The third-order valence-electron chi connectivity index (χ3n) is 3.90. The minimum absolute atomic E-state index is 0.130. The zero-order valence-corrected chi connectivity index (χ0v) is 15.5. The summed E-state index contributed by atoms with van der Waals surface area (Å²) in [5, 5.41) is 2.01. The smallest absolute Gasteiger partial charge is 0.174 e. The Morgan fingerprint density at radius 3 is 2.61 bits per heavy atom. The van der Waals surface area contributed by atoms with Crippen molar-refractivity contribution in [2.45, 2.75) is 39.6 Å². The van der Waals surface area contributed by atoms with Gasteiger partial charge in [0.15, 0.2) is 5.78 Å². The van der Waals surface area contributed by atoms with Gasteiger partial charge in [-0.25, -0.2) is 9.97 Å². The fourth-order valence-electron chi connectivity index (χ4n) is 2.64. The molecule has 1 N–H and O–H groups in total. The van der Waals surface area contributed by atoms with Crippen LogP contribution in [0.5, 0.6) is 0 Å². The number of hydrogen-bond donors (Lipinski definition) is 1. The molecule has 0 aromatic carbocycles. The molecule has 0 saturated heterocycles. The highest BCUT2D eigenvalue weighted by Crippen LogP contribution is 2.35. The molecule has 0 aliphatic rings. The maximum Gasteiger partial charge on any atom is 0.174 e. The number of carbonyl (C=O) groups is 1. The summed E-state index contributed by atoms with van der Waals surface area (Å²) in [5.41, 5.74) is 3.93. The van der Waals surface area contributed by atoms with Crippen LogP contribution in [0.25, 0.3) is 10.2 Å². The van der Waals surface area contributed by atoms with Crippen LogP contribution in [-0.2, 0) is 0 Å². The third kappa shape index (κ3) is 3.05. The molecule has 0 fully saturated rings. The van der Waals surface area contributed by atoms with Crippen molar-refractivity contribution in [3.63, 3.8) is 0 Å². The van der Waals surface area contributed by atoms with Gasteiger partial charge >= 0.3 is 0 Å². The first kappa shape index (κ1) is 16.2. The van der Waals surface area contributed by atoms with Crippen molar-refractivity contribution in [2.24, 2.45) is 0 Å². The first-order valence-corrected chi connectivity index (χ1v) is 9.23. The number of aromatic nitrogens is 3. The molecule has 0 amide bonds. The van der Waals surface area contributed by atoms with Crippen molar-refractivity contribution >= 4 is 39.1 Å². The van der Waals surface area contributed by atoms with E-state index < -0.39 is 0 Å². The first-order valence-electron chi connectivity index (χ1n) is 7.43. The normalized spacial score (nSPS) is 11.3. The van der Waals surface area contributed by atoms with E-state index in [1.807, 2.05) is 26.8 Å². The number of thiophene rings is 1. The molecule has 0 radical (unpaired) electrons. The molecule has 23 heavy (non-hydrogen) atoms. The van der Waals surface area contributed by atoms with Crippen LogP contribution >= 0.6 is 23.1 Å². The molecule has 0 aliphatic heterocycles. The lowest BCUT2D eigenvalue weighted by Crippen LogP contribution is -2.04. The maximum absolute atomic E-state index is 12.5. The van der Waals surface area contributed by atoms with Crippen molar-refractivity contribution < 1.29 is 4.79 Å². The van der Waals surface area contributed by atoms with Gasteiger partial charge in [0.2, 0.25) is 0 Å². The zero-order valence-electron chi connectivity index (χ0n) is 13.9. The monoisotopic (exact) mass is 345 g/mol. The van der Waals surface area contributed by atoms with Crippen molar-refractivity contribution in [1.29, 1.82) is 0 Å². The van der Waals surface area contributed by atoms with E-state index in [1.54, 1.807) is 11.3 Å². The highest BCUT2D eigenvalue weighted by molar-refractivity contribution is 8.00. The molecule has 120 valence electrons. The lowest BCUT2D eigenvalue weighted by molar-refractivity contribution is 0.102. The molecule has 3 aromatic heterocycles. The molecule has 0 bridgehead atoms. The average molecular weight is 345 g/mol. The molecular weight excluding hydrogens is 326 g/mol. The summed E-state index contributed by atoms with van der Waals surface area (Å²) in [6.07, 6.45) is 0. The summed E-state index contributed by atoms with van der Waals surface area (Å²) in [4.78, 5) is 27.0. The standard InChI is InChI=1S/C17H19N3OS2/c1-8-6-13(10(3)18-8)14(21)7-22-16-15-9(2)11(4)23-17(15)20-12(5)19-16/h6,18H,7H2,1-5H3. The van der Waals surface area contributed by atoms with Crippen LogP contribution in [0.1, 0.15) is 38.0 Å². The van der Waals surface area contributed by atoms with E-state index >= 15 is 0 Å². The van der Waals surface area contributed by atoms with Crippen LogP contribution in [-0.4, -0.2) is 26.5 Å². The minimum Gasteiger partial charge on any atom is -0.362 e. The average Bonchev–Trinajstić information content (AvgIpc) is 2.95. The van der Waals surface area contributed by atoms with Gasteiger partial charge in [-0.2, -0.15) is 0 Å². The number of Topliss-reactive ketones (excluding diaryl/α,β-unsaturated/α-hetero) is 1. The van der Waals surface area contributed by atoms with Gasteiger partial charge in [0.25, 0.3) is 0 Å². The molecule has 0 aliphatic carbocycles. The van der Waals surface area contributed by atoms with Gasteiger partial charge in [0, 0.05) is 27.2 Å². The summed E-state index contributed by atoms with van der Waals surface area (Å²) < 4.78 is 0. The second-order valence-corrected chi connectivity index (χ2v) is 7.91. The number of rotatable bonds is 4. The van der Waals surface area contributed by atoms with Gasteiger partial charge in [-0.15, -0.1) is 11.3 Å². The number of fused-ring (bicyclic) bond motifs is 1. The highest BCUT2D eigenvalue weighted by atomic mass is 32.2. The molecule has 3 aromatic rings. The van der Waals surface area contributed by atoms with Gasteiger partial charge in [0.1, 0.15) is 15.7 Å². The lowest BCUT2D eigenvalue weighted by Gasteiger charge is -2.05. The Morgan fingerprint density at radius 1 is 1.22 bits per heavy atom.